The molecule has 1 radical (unpaired) electrons. The molecule has 1 N–H and O–H groups in total. The molecule has 0 saturated carbocycles. The van der Waals surface area contributed by atoms with E-state index in [2.05, 4.69) is 4.98 Å². The number of pyridine rings is 1. The molecule has 0 unspecified atom stereocenters. The number of aromatic nitrogens is 1. The van der Waals surface area contributed by atoms with E-state index in [0.717, 1.165) is 6.41 Å². The lowest BCUT2D eigenvalue weighted by Gasteiger charge is -1.97. The largest absolute Gasteiger partial charge is 0.324 e. The second kappa shape index (κ2) is 3.31. The van der Waals surface area contributed by atoms with E-state index in [1.807, 2.05) is 0 Å². The van der Waals surface area contributed by atoms with Gasteiger partial charge in [-0.25, -0.2) is 9.71 Å². The minimum atomic E-state index is -3.80. The lowest BCUT2D eigenvalue weighted by atomic mass is 10.5. The molecule has 1 rings (SSSR count). The normalized spacial score (nSPS) is 10.7. The molecule has 0 fully saturated rings. The third kappa shape index (κ3) is 1.79. The van der Waals surface area contributed by atoms with Gasteiger partial charge in [0.25, 0.3) is 10.0 Å². The van der Waals surface area contributed by atoms with E-state index in [1.165, 1.54) is 18.3 Å². The number of hydrogen-bond acceptors (Lipinski definition) is 4. The molecule has 0 atom stereocenters. The Labute approximate surface area is 69.5 Å². The highest BCUT2D eigenvalue weighted by atomic mass is 32.2. The van der Waals surface area contributed by atoms with Crippen LogP contribution in [0.15, 0.2) is 29.4 Å². The first-order chi connectivity index (χ1) is 5.67. The van der Waals surface area contributed by atoms with E-state index >= 15 is 0 Å². The number of hydrogen-bond donors (Lipinski definition) is 1. The summed E-state index contributed by atoms with van der Waals surface area (Å²) in [5.41, 5.74) is 0. The summed E-state index contributed by atoms with van der Waals surface area (Å²) in [6.45, 7) is 0. The summed E-state index contributed by atoms with van der Waals surface area (Å²) in [4.78, 5) is 13.3. The molecular formula is C6H5N2O3S. The molecule has 0 aliphatic rings. The Morgan fingerprint density at radius 1 is 1.42 bits per heavy atom. The monoisotopic (exact) mass is 185 g/mol. The van der Waals surface area contributed by atoms with Crippen molar-refractivity contribution >= 4 is 16.4 Å². The van der Waals surface area contributed by atoms with E-state index in [-0.39, 0.29) is 5.03 Å². The first-order valence-electron chi connectivity index (χ1n) is 2.97. The van der Waals surface area contributed by atoms with Gasteiger partial charge in [0.15, 0.2) is 5.03 Å². The molecule has 5 nitrogen and oxygen atoms in total. The quantitative estimate of drug-likeness (QED) is 0.639. The van der Waals surface area contributed by atoms with Crippen molar-refractivity contribution in [3.05, 3.63) is 24.4 Å². The summed E-state index contributed by atoms with van der Waals surface area (Å²) >= 11 is 0. The Bertz CT molecular complexity index is 360. The summed E-state index contributed by atoms with van der Waals surface area (Å²) < 4.78 is 23.5. The molecule has 63 valence electrons. The number of nitrogens with one attached hydrogen (secondary N) is 1. The van der Waals surface area contributed by atoms with Crippen molar-refractivity contribution in [2.45, 2.75) is 5.03 Å². The van der Waals surface area contributed by atoms with Gasteiger partial charge in [-0.3, -0.25) is 4.79 Å². The summed E-state index contributed by atoms with van der Waals surface area (Å²) in [7, 11) is -3.80. The zero-order valence-electron chi connectivity index (χ0n) is 5.89. The average molecular weight is 185 g/mol. The Kier molecular flexibility index (Phi) is 2.39. The van der Waals surface area contributed by atoms with Gasteiger partial charge in [-0.1, -0.05) is 6.07 Å². The number of carbonyl (C=O) groups excluding carboxylic acids is 1. The molecule has 1 amide bonds. The van der Waals surface area contributed by atoms with Gasteiger partial charge in [0, 0.05) is 6.20 Å². The Balaban J connectivity index is 3.07. The summed E-state index contributed by atoms with van der Waals surface area (Å²) in [6.07, 6.45) is 2.40. The van der Waals surface area contributed by atoms with Gasteiger partial charge in [0.1, 0.15) is 0 Å². The second-order valence-corrected chi connectivity index (χ2v) is 3.50. The molecule has 0 spiro atoms. The molecule has 1 aromatic rings. The van der Waals surface area contributed by atoms with Gasteiger partial charge in [-0.05, 0) is 12.1 Å². The van der Waals surface area contributed by atoms with Gasteiger partial charge in [-0.15, -0.1) is 0 Å². The van der Waals surface area contributed by atoms with Crippen LogP contribution < -0.4 is 4.72 Å². The van der Waals surface area contributed by atoms with Gasteiger partial charge < -0.3 is 0 Å². The van der Waals surface area contributed by atoms with Crippen LogP contribution in [0.4, 0.5) is 0 Å². The molecule has 0 bridgehead atoms. The molecule has 12 heavy (non-hydrogen) atoms. The van der Waals surface area contributed by atoms with Crippen molar-refractivity contribution in [3.8, 4) is 0 Å². The van der Waals surface area contributed by atoms with Crippen LogP contribution in [0.3, 0.4) is 0 Å². The fourth-order valence-electron chi connectivity index (χ4n) is 0.613. The molecular weight excluding hydrogens is 180 g/mol. The van der Waals surface area contributed by atoms with Gasteiger partial charge >= 0.3 is 6.41 Å². The minimum absolute atomic E-state index is 0.201. The van der Waals surface area contributed by atoms with Crippen molar-refractivity contribution in [2.24, 2.45) is 0 Å². The molecule has 6 heteroatoms. The summed E-state index contributed by atoms with van der Waals surface area (Å²) in [5.74, 6) is 0. The maximum atomic E-state index is 11.0. The van der Waals surface area contributed by atoms with Crippen LogP contribution in [0, 0.1) is 0 Å². The van der Waals surface area contributed by atoms with Crippen molar-refractivity contribution in [3.63, 3.8) is 0 Å². The first-order valence-corrected chi connectivity index (χ1v) is 4.45. The molecule has 0 aliphatic heterocycles. The van der Waals surface area contributed by atoms with Crippen LogP contribution in [0.1, 0.15) is 0 Å². The SMILES string of the molecule is O=[C]NS(=O)(=O)c1ccccn1. The predicted molar refractivity (Wildman–Crippen MR) is 40.3 cm³/mol. The van der Waals surface area contributed by atoms with Crippen molar-refractivity contribution in [2.75, 3.05) is 0 Å². The average Bonchev–Trinajstić information content (AvgIpc) is 2.06. The van der Waals surface area contributed by atoms with E-state index in [1.54, 1.807) is 10.8 Å². The van der Waals surface area contributed by atoms with Crippen molar-refractivity contribution in [1.82, 2.24) is 9.71 Å². The second-order valence-electron chi connectivity index (χ2n) is 1.88. The fraction of sp³-hybridized carbons (Fsp3) is 0. The van der Waals surface area contributed by atoms with Gasteiger partial charge in [0.2, 0.25) is 0 Å². The highest BCUT2D eigenvalue weighted by Gasteiger charge is 2.12. The zero-order valence-corrected chi connectivity index (χ0v) is 6.71. The maximum absolute atomic E-state index is 11.0. The van der Waals surface area contributed by atoms with Crippen LogP contribution in [-0.4, -0.2) is 19.8 Å². The molecule has 0 saturated heterocycles. The fourth-order valence-corrected chi connectivity index (χ4v) is 1.28. The van der Waals surface area contributed by atoms with Gasteiger partial charge in [-0.2, -0.15) is 8.42 Å². The van der Waals surface area contributed by atoms with E-state index < -0.39 is 10.0 Å². The van der Waals surface area contributed by atoms with E-state index in [4.69, 9.17) is 0 Å². The molecule has 0 aliphatic carbocycles. The lowest BCUT2D eigenvalue weighted by Crippen LogP contribution is -2.22. The minimum Gasteiger partial charge on any atom is -0.262 e. The Hall–Kier alpha value is -1.43. The molecule has 1 aromatic heterocycles. The van der Waals surface area contributed by atoms with Crippen molar-refractivity contribution < 1.29 is 13.2 Å². The van der Waals surface area contributed by atoms with Gasteiger partial charge in [0.05, 0.1) is 0 Å². The summed E-state index contributed by atoms with van der Waals surface area (Å²) in [6, 6.07) is 4.36. The number of sulfonamides is 1. The highest BCUT2D eigenvalue weighted by Crippen LogP contribution is 2.00. The van der Waals surface area contributed by atoms with Crippen LogP contribution in [-0.2, 0) is 14.8 Å². The van der Waals surface area contributed by atoms with Crippen LogP contribution in [0.5, 0.6) is 0 Å². The van der Waals surface area contributed by atoms with Crippen LogP contribution >= 0.6 is 0 Å². The van der Waals surface area contributed by atoms with E-state index in [9.17, 15) is 13.2 Å². The van der Waals surface area contributed by atoms with E-state index in [0.29, 0.717) is 0 Å². The van der Waals surface area contributed by atoms with Crippen LogP contribution in [0.25, 0.3) is 0 Å². The topological polar surface area (TPSA) is 76.1 Å². The third-order valence-electron chi connectivity index (χ3n) is 1.09. The first kappa shape index (κ1) is 8.66. The Morgan fingerprint density at radius 2 is 2.17 bits per heavy atom. The summed E-state index contributed by atoms with van der Waals surface area (Å²) in [5, 5.41) is -0.201. The predicted octanol–water partition coefficient (Wildman–Crippen LogP) is -0.573. The number of amides is 1. The maximum Gasteiger partial charge on any atom is 0.324 e. The highest BCUT2D eigenvalue weighted by molar-refractivity contribution is 7.89. The lowest BCUT2D eigenvalue weighted by molar-refractivity contribution is 0.546. The number of nitrogens with zero attached hydrogens (tertiary/aromatic N) is 1. The number of rotatable bonds is 3. The standard InChI is InChI=1S/C6H5N2O3S/c9-5-8-12(10,11)6-3-1-2-4-7-6/h1-4H,(H,8,9). The zero-order chi connectivity index (χ0) is 9.03. The Morgan fingerprint density at radius 3 is 2.67 bits per heavy atom. The van der Waals surface area contributed by atoms with Crippen LogP contribution in [0.2, 0.25) is 0 Å². The smallest absolute Gasteiger partial charge is 0.262 e. The third-order valence-corrected chi connectivity index (χ3v) is 2.23. The molecule has 0 aromatic carbocycles. The van der Waals surface area contributed by atoms with Crippen molar-refractivity contribution in [1.29, 1.82) is 0 Å². The molecule has 1 heterocycles.